The fourth-order valence-electron chi connectivity index (χ4n) is 2.02. The quantitative estimate of drug-likeness (QED) is 0.683. The summed E-state index contributed by atoms with van der Waals surface area (Å²) in [7, 11) is 1.33. The average Bonchev–Trinajstić information content (AvgIpc) is 3.11. The highest BCUT2D eigenvalue weighted by Gasteiger charge is 2.20. The lowest BCUT2D eigenvalue weighted by Gasteiger charge is -2.06. The molecule has 0 aromatic carbocycles. The number of unbranched alkanes of at least 4 members (excludes halogenated alkanes) is 1. The van der Waals surface area contributed by atoms with Crippen LogP contribution in [0.4, 0.5) is 0 Å². The fraction of sp³-hybridized carbons (Fsp3) is 0.667. The monoisotopic (exact) mass is 293 g/mol. The lowest BCUT2D eigenvalue weighted by atomic mass is 10.2. The summed E-state index contributed by atoms with van der Waals surface area (Å²) in [5, 5.41) is 19.6. The molecule has 0 saturated heterocycles. The van der Waals surface area contributed by atoms with E-state index in [-0.39, 0.29) is 5.69 Å². The molecule has 9 nitrogen and oxygen atoms in total. The van der Waals surface area contributed by atoms with Crippen molar-refractivity contribution in [3.63, 3.8) is 0 Å². The zero-order chi connectivity index (χ0) is 15.2. The topological polar surface area (TPSA) is 101 Å². The average molecular weight is 293 g/mol. The number of aromatic nitrogens is 7. The summed E-state index contributed by atoms with van der Waals surface area (Å²) in [5.74, 6) is 0.211. The summed E-state index contributed by atoms with van der Waals surface area (Å²) in [6.45, 7) is 5.18. The van der Waals surface area contributed by atoms with Crippen molar-refractivity contribution in [3.8, 4) is 0 Å². The van der Waals surface area contributed by atoms with E-state index in [4.69, 9.17) is 4.74 Å². The van der Waals surface area contributed by atoms with Gasteiger partial charge in [-0.25, -0.2) is 14.2 Å². The van der Waals surface area contributed by atoms with E-state index in [1.54, 1.807) is 9.36 Å². The van der Waals surface area contributed by atoms with Gasteiger partial charge in [0.25, 0.3) is 0 Å². The van der Waals surface area contributed by atoms with Crippen molar-refractivity contribution < 1.29 is 9.53 Å². The number of ether oxygens (including phenoxy) is 1. The second-order valence-electron chi connectivity index (χ2n) is 4.56. The number of methoxy groups -OCH3 is 1. The van der Waals surface area contributed by atoms with Crippen LogP contribution in [-0.2, 0) is 24.2 Å². The number of esters is 1. The van der Waals surface area contributed by atoms with E-state index < -0.39 is 5.97 Å². The first-order chi connectivity index (χ1) is 10.2. The molecule has 2 aromatic heterocycles. The predicted octanol–water partition coefficient (Wildman–Crippen LogP) is 0.462. The Kier molecular flexibility index (Phi) is 4.96. The maximum Gasteiger partial charge on any atom is 0.360 e. The van der Waals surface area contributed by atoms with Crippen LogP contribution in [0, 0.1) is 0 Å². The van der Waals surface area contributed by atoms with Gasteiger partial charge in [-0.2, -0.15) is 0 Å². The molecule has 2 aromatic rings. The molecule has 2 heterocycles. The van der Waals surface area contributed by atoms with E-state index in [0.29, 0.717) is 24.5 Å². The lowest BCUT2D eigenvalue weighted by molar-refractivity contribution is 0.0592. The molecule has 0 atom stereocenters. The summed E-state index contributed by atoms with van der Waals surface area (Å²) in [5.41, 5.74) is 0.958. The van der Waals surface area contributed by atoms with Crippen LogP contribution in [0.15, 0.2) is 0 Å². The number of rotatable bonds is 7. The van der Waals surface area contributed by atoms with Crippen LogP contribution >= 0.6 is 0 Å². The molecule has 0 spiro atoms. The Hall–Kier alpha value is -2.32. The second-order valence-corrected chi connectivity index (χ2v) is 4.56. The Labute approximate surface area is 122 Å². The first kappa shape index (κ1) is 15.1. The van der Waals surface area contributed by atoms with E-state index >= 15 is 0 Å². The molecule has 9 heteroatoms. The van der Waals surface area contributed by atoms with Gasteiger partial charge in [0.15, 0.2) is 11.5 Å². The molecule has 0 aliphatic heterocycles. The van der Waals surface area contributed by atoms with Crippen LogP contribution in [0.5, 0.6) is 0 Å². The normalized spacial score (nSPS) is 10.8. The SMILES string of the molecule is CCCCn1nnnc1Cn1nnc(C(=O)OC)c1CC. The maximum atomic E-state index is 11.6. The number of hydrogen-bond donors (Lipinski definition) is 0. The molecular weight excluding hydrogens is 274 g/mol. The number of carbonyl (C=O) groups excluding carboxylic acids is 1. The van der Waals surface area contributed by atoms with Gasteiger partial charge in [-0.05, 0) is 23.3 Å². The van der Waals surface area contributed by atoms with Crippen LogP contribution in [-0.4, -0.2) is 48.3 Å². The van der Waals surface area contributed by atoms with Crippen LogP contribution in [0.1, 0.15) is 48.7 Å². The number of tetrazole rings is 1. The molecule has 0 aliphatic rings. The van der Waals surface area contributed by atoms with Gasteiger partial charge in [-0.1, -0.05) is 25.5 Å². The van der Waals surface area contributed by atoms with E-state index in [2.05, 4.69) is 32.8 Å². The van der Waals surface area contributed by atoms with Crippen LogP contribution in [0.2, 0.25) is 0 Å². The van der Waals surface area contributed by atoms with Crippen molar-refractivity contribution in [3.05, 3.63) is 17.2 Å². The third-order valence-electron chi connectivity index (χ3n) is 3.17. The second kappa shape index (κ2) is 6.91. The van der Waals surface area contributed by atoms with E-state index in [0.717, 1.165) is 19.4 Å². The van der Waals surface area contributed by atoms with Crippen LogP contribution < -0.4 is 0 Å². The molecule has 0 N–H and O–H groups in total. The standard InChI is InChI=1S/C12H19N7O2/c1-4-6-7-18-10(13-15-17-18)8-19-9(5-2)11(14-16-19)12(20)21-3/h4-8H2,1-3H3. The molecule has 114 valence electrons. The Morgan fingerprint density at radius 1 is 1.19 bits per heavy atom. The van der Waals surface area contributed by atoms with Gasteiger partial charge in [0.2, 0.25) is 0 Å². The van der Waals surface area contributed by atoms with E-state index in [1.807, 2.05) is 6.92 Å². The minimum absolute atomic E-state index is 0.243. The summed E-state index contributed by atoms with van der Waals surface area (Å²) in [6.07, 6.45) is 2.69. The summed E-state index contributed by atoms with van der Waals surface area (Å²) in [4.78, 5) is 11.6. The molecule has 0 aliphatic carbocycles. The summed E-state index contributed by atoms with van der Waals surface area (Å²) >= 11 is 0. The summed E-state index contributed by atoms with van der Waals surface area (Å²) in [6, 6.07) is 0. The molecule has 0 bridgehead atoms. The zero-order valence-electron chi connectivity index (χ0n) is 12.5. The first-order valence-electron chi connectivity index (χ1n) is 6.96. The Bertz CT molecular complexity index is 605. The van der Waals surface area contributed by atoms with Crippen LogP contribution in [0.25, 0.3) is 0 Å². The van der Waals surface area contributed by atoms with Crippen LogP contribution in [0.3, 0.4) is 0 Å². The van der Waals surface area contributed by atoms with Gasteiger partial charge < -0.3 is 4.74 Å². The van der Waals surface area contributed by atoms with Crippen molar-refractivity contribution >= 4 is 5.97 Å². The van der Waals surface area contributed by atoms with Gasteiger partial charge in [-0.15, -0.1) is 10.2 Å². The van der Waals surface area contributed by atoms with Gasteiger partial charge in [0, 0.05) is 6.54 Å². The molecule has 0 radical (unpaired) electrons. The minimum atomic E-state index is -0.483. The van der Waals surface area contributed by atoms with Gasteiger partial charge in [0.1, 0.15) is 6.54 Å². The third-order valence-corrected chi connectivity index (χ3v) is 3.17. The third kappa shape index (κ3) is 3.23. The Morgan fingerprint density at radius 2 is 2.00 bits per heavy atom. The predicted molar refractivity (Wildman–Crippen MR) is 72.6 cm³/mol. The van der Waals surface area contributed by atoms with Gasteiger partial charge in [-0.3, -0.25) is 0 Å². The van der Waals surface area contributed by atoms with Crippen molar-refractivity contribution in [2.45, 2.75) is 46.2 Å². The highest BCUT2D eigenvalue weighted by Crippen LogP contribution is 2.10. The van der Waals surface area contributed by atoms with E-state index in [9.17, 15) is 4.79 Å². The highest BCUT2D eigenvalue weighted by atomic mass is 16.5. The van der Waals surface area contributed by atoms with Crippen molar-refractivity contribution in [2.24, 2.45) is 0 Å². The van der Waals surface area contributed by atoms with Crippen molar-refractivity contribution in [1.82, 2.24) is 35.2 Å². The number of hydrogen-bond acceptors (Lipinski definition) is 7. The van der Waals surface area contributed by atoms with Crippen molar-refractivity contribution in [1.29, 1.82) is 0 Å². The van der Waals surface area contributed by atoms with E-state index in [1.165, 1.54) is 7.11 Å². The largest absolute Gasteiger partial charge is 0.464 e. The lowest BCUT2D eigenvalue weighted by Crippen LogP contribution is -2.14. The first-order valence-corrected chi connectivity index (χ1v) is 6.96. The number of nitrogens with zero attached hydrogens (tertiary/aromatic N) is 7. The van der Waals surface area contributed by atoms with Gasteiger partial charge in [0.05, 0.1) is 12.8 Å². The number of carbonyl (C=O) groups is 1. The smallest absolute Gasteiger partial charge is 0.360 e. The molecule has 0 saturated carbocycles. The summed E-state index contributed by atoms with van der Waals surface area (Å²) < 4.78 is 8.10. The zero-order valence-corrected chi connectivity index (χ0v) is 12.5. The minimum Gasteiger partial charge on any atom is -0.464 e. The Balaban J connectivity index is 2.22. The molecular formula is C12H19N7O2. The molecule has 0 amide bonds. The Morgan fingerprint density at radius 3 is 2.67 bits per heavy atom. The van der Waals surface area contributed by atoms with Gasteiger partial charge >= 0.3 is 5.97 Å². The maximum absolute atomic E-state index is 11.6. The molecule has 21 heavy (non-hydrogen) atoms. The van der Waals surface area contributed by atoms with Crippen molar-refractivity contribution in [2.75, 3.05) is 7.11 Å². The molecule has 0 unspecified atom stereocenters. The number of aryl methyl sites for hydroxylation is 1. The fourth-order valence-corrected chi connectivity index (χ4v) is 2.02. The molecule has 0 fully saturated rings. The highest BCUT2D eigenvalue weighted by molar-refractivity contribution is 5.88. The molecule has 2 rings (SSSR count).